The first-order valence-electron chi connectivity index (χ1n) is 7.70. The van der Waals surface area contributed by atoms with Crippen molar-refractivity contribution >= 4 is 5.91 Å². The summed E-state index contributed by atoms with van der Waals surface area (Å²) in [7, 11) is 0. The molecule has 4 saturated heterocycles. The molecule has 0 aromatic rings. The van der Waals surface area contributed by atoms with Gasteiger partial charge in [0.05, 0.1) is 6.54 Å². The smallest absolute Gasteiger partial charge is 0.234 e. The van der Waals surface area contributed by atoms with Crippen molar-refractivity contribution in [3.8, 4) is 0 Å². The fraction of sp³-hybridized carbons (Fsp3) is 0.929. The van der Waals surface area contributed by atoms with Gasteiger partial charge in [-0.25, -0.2) is 0 Å². The predicted molar refractivity (Wildman–Crippen MR) is 74.7 cm³/mol. The van der Waals surface area contributed by atoms with Crippen LogP contribution in [-0.4, -0.2) is 67.1 Å². The van der Waals surface area contributed by atoms with Gasteiger partial charge in [-0.2, -0.15) is 0 Å². The van der Waals surface area contributed by atoms with E-state index < -0.39 is 0 Å². The van der Waals surface area contributed by atoms with Crippen molar-refractivity contribution in [2.75, 3.05) is 39.3 Å². The molecule has 0 aromatic carbocycles. The number of carbonyl (C=O) groups is 1. The molecule has 4 rings (SSSR count). The van der Waals surface area contributed by atoms with Gasteiger partial charge < -0.3 is 16.0 Å². The molecule has 5 nitrogen and oxygen atoms in total. The van der Waals surface area contributed by atoms with E-state index in [1.807, 2.05) is 0 Å². The number of fused-ring (bicyclic) bond motifs is 3. The molecule has 4 aliphatic heterocycles. The highest BCUT2D eigenvalue weighted by Gasteiger charge is 2.35. The molecule has 19 heavy (non-hydrogen) atoms. The minimum Gasteiger partial charge on any atom is -0.351 e. The summed E-state index contributed by atoms with van der Waals surface area (Å²) in [6.07, 6.45) is 4.55. The molecule has 5 heteroatoms. The zero-order valence-corrected chi connectivity index (χ0v) is 11.7. The van der Waals surface area contributed by atoms with Crippen LogP contribution in [0.5, 0.6) is 0 Å². The van der Waals surface area contributed by atoms with Crippen LogP contribution in [0.1, 0.15) is 25.7 Å². The summed E-state index contributed by atoms with van der Waals surface area (Å²) in [5.41, 5.74) is 5.89. The Bertz CT molecular complexity index is 319. The highest BCUT2D eigenvalue weighted by Crippen LogP contribution is 2.27. The number of nitrogens with zero attached hydrogens (tertiary/aromatic N) is 2. The van der Waals surface area contributed by atoms with Crippen molar-refractivity contribution < 1.29 is 4.79 Å². The summed E-state index contributed by atoms with van der Waals surface area (Å²) < 4.78 is 0. The van der Waals surface area contributed by atoms with E-state index in [2.05, 4.69) is 15.1 Å². The van der Waals surface area contributed by atoms with E-state index in [0.717, 1.165) is 32.5 Å². The fourth-order valence-electron chi connectivity index (χ4n) is 3.70. The van der Waals surface area contributed by atoms with Crippen LogP contribution in [0.2, 0.25) is 0 Å². The molecule has 3 N–H and O–H groups in total. The first kappa shape index (κ1) is 13.3. The lowest BCUT2D eigenvalue weighted by Gasteiger charge is -2.45. The average molecular weight is 266 g/mol. The SMILES string of the molecule is NC1CCN(CC(=O)N[C@H]2CN3CCC2CC3)CC1. The number of carbonyl (C=O) groups excluding carboxylic acids is 1. The fourth-order valence-corrected chi connectivity index (χ4v) is 3.70. The van der Waals surface area contributed by atoms with Gasteiger partial charge in [0.25, 0.3) is 0 Å². The number of nitrogens with two attached hydrogens (primary N) is 1. The highest BCUT2D eigenvalue weighted by molar-refractivity contribution is 5.78. The summed E-state index contributed by atoms with van der Waals surface area (Å²) in [5, 5.41) is 3.26. The van der Waals surface area contributed by atoms with Crippen molar-refractivity contribution in [1.29, 1.82) is 0 Å². The van der Waals surface area contributed by atoms with Crippen LogP contribution in [0.25, 0.3) is 0 Å². The molecule has 0 aliphatic carbocycles. The largest absolute Gasteiger partial charge is 0.351 e. The van der Waals surface area contributed by atoms with Crippen LogP contribution in [-0.2, 0) is 4.79 Å². The Morgan fingerprint density at radius 3 is 2.37 bits per heavy atom. The van der Waals surface area contributed by atoms with Crippen LogP contribution >= 0.6 is 0 Å². The molecule has 0 aromatic heterocycles. The number of likely N-dealkylation sites (tertiary alicyclic amines) is 1. The van der Waals surface area contributed by atoms with Crippen LogP contribution in [0, 0.1) is 5.92 Å². The van der Waals surface area contributed by atoms with E-state index >= 15 is 0 Å². The van der Waals surface area contributed by atoms with Crippen molar-refractivity contribution in [2.45, 2.75) is 37.8 Å². The van der Waals surface area contributed by atoms with Gasteiger partial charge in [-0.3, -0.25) is 9.69 Å². The maximum absolute atomic E-state index is 12.1. The van der Waals surface area contributed by atoms with Crippen molar-refractivity contribution in [1.82, 2.24) is 15.1 Å². The lowest BCUT2D eigenvalue weighted by atomic mass is 9.84. The third-order valence-electron chi connectivity index (χ3n) is 5.00. The van der Waals surface area contributed by atoms with Gasteiger partial charge in [-0.15, -0.1) is 0 Å². The molecule has 0 radical (unpaired) electrons. The number of amides is 1. The number of hydrogen-bond donors (Lipinski definition) is 2. The van der Waals surface area contributed by atoms with E-state index in [0.29, 0.717) is 24.5 Å². The zero-order valence-electron chi connectivity index (χ0n) is 11.7. The van der Waals surface area contributed by atoms with E-state index in [1.54, 1.807) is 0 Å². The Labute approximate surface area is 115 Å². The molecule has 4 heterocycles. The molecular weight excluding hydrogens is 240 g/mol. The Morgan fingerprint density at radius 2 is 1.79 bits per heavy atom. The van der Waals surface area contributed by atoms with Crippen molar-refractivity contribution in [3.63, 3.8) is 0 Å². The molecule has 0 saturated carbocycles. The van der Waals surface area contributed by atoms with Gasteiger partial charge in [0.1, 0.15) is 0 Å². The summed E-state index contributed by atoms with van der Waals surface area (Å²) >= 11 is 0. The second-order valence-electron chi connectivity index (χ2n) is 6.43. The predicted octanol–water partition coefficient (Wildman–Crippen LogP) is -0.380. The number of nitrogens with one attached hydrogen (secondary N) is 1. The van der Waals surface area contributed by atoms with Gasteiger partial charge >= 0.3 is 0 Å². The van der Waals surface area contributed by atoms with Crippen LogP contribution in [0.4, 0.5) is 0 Å². The molecule has 2 bridgehead atoms. The molecule has 4 fully saturated rings. The lowest BCUT2D eigenvalue weighted by molar-refractivity contribution is -0.124. The second kappa shape index (κ2) is 5.77. The molecule has 0 unspecified atom stereocenters. The number of rotatable bonds is 3. The maximum Gasteiger partial charge on any atom is 0.234 e. The molecule has 1 amide bonds. The van der Waals surface area contributed by atoms with Gasteiger partial charge in [-0.1, -0.05) is 0 Å². The maximum atomic E-state index is 12.1. The molecule has 1 atom stereocenters. The monoisotopic (exact) mass is 266 g/mol. The Balaban J connectivity index is 1.44. The molecule has 108 valence electrons. The minimum absolute atomic E-state index is 0.203. The summed E-state index contributed by atoms with van der Waals surface area (Å²) in [6, 6.07) is 0.725. The summed E-state index contributed by atoms with van der Waals surface area (Å²) in [4.78, 5) is 16.8. The second-order valence-corrected chi connectivity index (χ2v) is 6.43. The normalized spacial score (nSPS) is 36.4. The van der Waals surface area contributed by atoms with Gasteiger partial charge in [0, 0.05) is 31.7 Å². The highest BCUT2D eigenvalue weighted by atomic mass is 16.2. The van der Waals surface area contributed by atoms with Gasteiger partial charge in [-0.05, 0) is 44.7 Å². The van der Waals surface area contributed by atoms with E-state index in [-0.39, 0.29) is 5.91 Å². The summed E-state index contributed by atoms with van der Waals surface area (Å²) in [6.45, 7) is 5.99. The first-order valence-corrected chi connectivity index (χ1v) is 7.70. The molecule has 4 aliphatic rings. The van der Waals surface area contributed by atoms with Gasteiger partial charge in [0.15, 0.2) is 0 Å². The zero-order chi connectivity index (χ0) is 13.2. The van der Waals surface area contributed by atoms with Crippen LogP contribution < -0.4 is 11.1 Å². The molecular formula is C14H26N4O. The standard InChI is InChI=1S/C14H26N4O/c15-12-3-7-18(8-4-12)10-14(19)16-13-9-17-5-1-11(13)2-6-17/h11-13H,1-10,15H2,(H,16,19)/t13-/m0/s1. The number of hydrogen-bond acceptors (Lipinski definition) is 4. The first-order chi connectivity index (χ1) is 9.20. The average Bonchev–Trinajstić information content (AvgIpc) is 2.43. The molecule has 0 spiro atoms. The van der Waals surface area contributed by atoms with E-state index in [1.165, 1.54) is 25.9 Å². The van der Waals surface area contributed by atoms with Crippen LogP contribution in [0.15, 0.2) is 0 Å². The van der Waals surface area contributed by atoms with Crippen molar-refractivity contribution in [2.24, 2.45) is 11.7 Å². The van der Waals surface area contributed by atoms with E-state index in [9.17, 15) is 4.79 Å². The Morgan fingerprint density at radius 1 is 1.11 bits per heavy atom. The number of piperidine rings is 4. The Kier molecular flexibility index (Phi) is 4.05. The summed E-state index contributed by atoms with van der Waals surface area (Å²) in [5.74, 6) is 0.915. The minimum atomic E-state index is 0.203. The topological polar surface area (TPSA) is 61.6 Å². The van der Waals surface area contributed by atoms with E-state index in [4.69, 9.17) is 5.73 Å². The third kappa shape index (κ3) is 3.27. The van der Waals surface area contributed by atoms with Gasteiger partial charge in [0.2, 0.25) is 5.91 Å². The Hall–Kier alpha value is -0.650. The quantitative estimate of drug-likeness (QED) is 0.731. The lowest BCUT2D eigenvalue weighted by Crippen LogP contribution is -2.58. The third-order valence-corrected chi connectivity index (χ3v) is 5.00. The van der Waals surface area contributed by atoms with Crippen molar-refractivity contribution in [3.05, 3.63) is 0 Å². The van der Waals surface area contributed by atoms with Crippen LogP contribution in [0.3, 0.4) is 0 Å².